The van der Waals surface area contributed by atoms with Gasteiger partial charge in [-0.3, -0.25) is 4.68 Å². The van der Waals surface area contributed by atoms with Gasteiger partial charge in [-0.1, -0.05) is 22.0 Å². The predicted octanol–water partition coefficient (Wildman–Crippen LogP) is 2.79. The SMILES string of the molecule is COc1ccc(CNCc2cc(C)nn2C)c(Br)c1. The summed E-state index contributed by atoms with van der Waals surface area (Å²) in [5, 5.41) is 7.75. The van der Waals surface area contributed by atoms with Gasteiger partial charge in [-0.2, -0.15) is 5.10 Å². The normalized spacial score (nSPS) is 10.7. The zero-order valence-corrected chi connectivity index (χ0v) is 13.0. The molecule has 0 saturated heterocycles. The molecule has 102 valence electrons. The molecule has 0 aliphatic heterocycles. The molecule has 0 atom stereocenters. The quantitative estimate of drug-likeness (QED) is 0.919. The average molecular weight is 324 g/mol. The van der Waals surface area contributed by atoms with Gasteiger partial charge in [-0.15, -0.1) is 0 Å². The first-order valence-electron chi connectivity index (χ1n) is 6.13. The van der Waals surface area contributed by atoms with E-state index in [-0.39, 0.29) is 0 Å². The van der Waals surface area contributed by atoms with Crippen LogP contribution in [0.3, 0.4) is 0 Å². The summed E-state index contributed by atoms with van der Waals surface area (Å²) in [6.07, 6.45) is 0. The molecule has 0 radical (unpaired) electrons. The fraction of sp³-hybridized carbons (Fsp3) is 0.357. The van der Waals surface area contributed by atoms with Crippen LogP contribution in [0.2, 0.25) is 0 Å². The Kier molecular flexibility index (Phi) is 4.61. The Labute approximate surface area is 121 Å². The van der Waals surface area contributed by atoms with E-state index in [9.17, 15) is 0 Å². The third-order valence-corrected chi connectivity index (χ3v) is 3.72. The maximum absolute atomic E-state index is 5.18. The summed E-state index contributed by atoms with van der Waals surface area (Å²) < 4.78 is 8.14. The van der Waals surface area contributed by atoms with Crippen LogP contribution in [0, 0.1) is 6.92 Å². The second kappa shape index (κ2) is 6.21. The van der Waals surface area contributed by atoms with Crippen LogP contribution < -0.4 is 10.1 Å². The van der Waals surface area contributed by atoms with E-state index in [4.69, 9.17) is 4.74 Å². The highest BCUT2D eigenvalue weighted by Gasteiger charge is 2.04. The number of aromatic nitrogens is 2. The van der Waals surface area contributed by atoms with Crippen LogP contribution >= 0.6 is 15.9 Å². The summed E-state index contributed by atoms with van der Waals surface area (Å²) in [6, 6.07) is 8.10. The second-order valence-electron chi connectivity index (χ2n) is 4.46. The van der Waals surface area contributed by atoms with Gasteiger partial charge in [0.1, 0.15) is 5.75 Å². The van der Waals surface area contributed by atoms with Crippen molar-refractivity contribution in [3.8, 4) is 5.75 Å². The molecule has 0 bridgehead atoms. The van der Waals surface area contributed by atoms with E-state index < -0.39 is 0 Å². The number of rotatable bonds is 5. The van der Waals surface area contributed by atoms with Gasteiger partial charge in [0.2, 0.25) is 0 Å². The molecule has 0 unspecified atom stereocenters. The Hall–Kier alpha value is -1.33. The largest absolute Gasteiger partial charge is 0.497 e. The molecule has 4 nitrogen and oxygen atoms in total. The van der Waals surface area contributed by atoms with E-state index in [0.29, 0.717) is 0 Å². The lowest BCUT2D eigenvalue weighted by Gasteiger charge is -2.08. The van der Waals surface area contributed by atoms with E-state index in [2.05, 4.69) is 38.5 Å². The fourth-order valence-electron chi connectivity index (χ4n) is 1.95. The minimum atomic E-state index is 0.800. The first kappa shape index (κ1) is 14.1. The molecule has 1 N–H and O–H groups in total. The highest BCUT2D eigenvalue weighted by Crippen LogP contribution is 2.22. The van der Waals surface area contributed by atoms with E-state index in [1.807, 2.05) is 30.8 Å². The zero-order chi connectivity index (χ0) is 13.8. The second-order valence-corrected chi connectivity index (χ2v) is 5.32. The fourth-order valence-corrected chi connectivity index (χ4v) is 2.45. The van der Waals surface area contributed by atoms with E-state index in [0.717, 1.165) is 29.0 Å². The Morgan fingerprint density at radius 2 is 2.11 bits per heavy atom. The molecule has 1 aromatic heterocycles. The molecular formula is C14H18BrN3O. The molecule has 0 aliphatic rings. The molecule has 5 heteroatoms. The molecule has 0 aliphatic carbocycles. The monoisotopic (exact) mass is 323 g/mol. The summed E-state index contributed by atoms with van der Waals surface area (Å²) in [7, 11) is 3.64. The van der Waals surface area contributed by atoms with Crippen molar-refractivity contribution in [3.63, 3.8) is 0 Å². The maximum Gasteiger partial charge on any atom is 0.120 e. The lowest BCUT2D eigenvalue weighted by Crippen LogP contribution is -2.15. The van der Waals surface area contributed by atoms with Crippen LogP contribution in [0.25, 0.3) is 0 Å². The maximum atomic E-state index is 5.18. The third-order valence-electron chi connectivity index (χ3n) is 2.98. The Balaban J connectivity index is 1.94. The van der Waals surface area contributed by atoms with Crippen molar-refractivity contribution in [1.82, 2.24) is 15.1 Å². The minimum absolute atomic E-state index is 0.800. The number of nitrogens with zero attached hydrogens (tertiary/aromatic N) is 2. The van der Waals surface area contributed by atoms with Gasteiger partial charge in [0, 0.05) is 24.6 Å². The molecule has 2 aromatic rings. The highest BCUT2D eigenvalue weighted by atomic mass is 79.9. The summed E-state index contributed by atoms with van der Waals surface area (Å²) in [5.41, 5.74) is 3.44. The average Bonchev–Trinajstić information content (AvgIpc) is 2.70. The van der Waals surface area contributed by atoms with E-state index in [1.54, 1.807) is 7.11 Å². The molecule has 1 heterocycles. The van der Waals surface area contributed by atoms with Gasteiger partial charge < -0.3 is 10.1 Å². The molecule has 19 heavy (non-hydrogen) atoms. The molecule has 0 amide bonds. The predicted molar refractivity (Wildman–Crippen MR) is 79.2 cm³/mol. The van der Waals surface area contributed by atoms with E-state index >= 15 is 0 Å². The van der Waals surface area contributed by atoms with Crippen molar-refractivity contribution in [3.05, 3.63) is 45.7 Å². The van der Waals surface area contributed by atoms with Gasteiger partial charge in [0.15, 0.2) is 0 Å². The Bertz CT molecular complexity index is 566. The van der Waals surface area contributed by atoms with Gasteiger partial charge in [0.25, 0.3) is 0 Å². The lowest BCUT2D eigenvalue weighted by molar-refractivity contribution is 0.414. The summed E-state index contributed by atoms with van der Waals surface area (Å²) in [6.45, 7) is 3.61. The van der Waals surface area contributed by atoms with Crippen molar-refractivity contribution in [2.24, 2.45) is 7.05 Å². The Morgan fingerprint density at radius 1 is 1.32 bits per heavy atom. The molecule has 1 aromatic carbocycles. The van der Waals surface area contributed by atoms with Crippen LogP contribution in [-0.4, -0.2) is 16.9 Å². The smallest absolute Gasteiger partial charge is 0.120 e. The molecular weight excluding hydrogens is 306 g/mol. The molecule has 2 rings (SSSR count). The van der Waals surface area contributed by atoms with E-state index in [1.165, 1.54) is 11.3 Å². The van der Waals surface area contributed by atoms with Crippen molar-refractivity contribution in [1.29, 1.82) is 0 Å². The van der Waals surface area contributed by atoms with Crippen molar-refractivity contribution in [2.75, 3.05) is 7.11 Å². The zero-order valence-electron chi connectivity index (χ0n) is 11.4. The molecule has 0 fully saturated rings. The number of hydrogen-bond donors (Lipinski definition) is 1. The van der Waals surface area contributed by atoms with Gasteiger partial charge in [-0.05, 0) is 30.7 Å². The minimum Gasteiger partial charge on any atom is -0.497 e. The number of hydrogen-bond acceptors (Lipinski definition) is 3. The molecule has 0 spiro atoms. The number of nitrogens with one attached hydrogen (secondary N) is 1. The van der Waals surface area contributed by atoms with Crippen molar-refractivity contribution in [2.45, 2.75) is 20.0 Å². The number of aryl methyl sites for hydroxylation is 2. The Morgan fingerprint density at radius 3 is 2.68 bits per heavy atom. The van der Waals surface area contributed by atoms with Crippen molar-refractivity contribution >= 4 is 15.9 Å². The highest BCUT2D eigenvalue weighted by molar-refractivity contribution is 9.10. The number of halogens is 1. The van der Waals surface area contributed by atoms with Gasteiger partial charge in [0.05, 0.1) is 18.5 Å². The van der Waals surface area contributed by atoms with Crippen LogP contribution in [0.1, 0.15) is 17.0 Å². The first-order valence-corrected chi connectivity index (χ1v) is 6.92. The summed E-state index contributed by atoms with van der Waals surface area (Å²) in [5.74, 6) is 0.859. The number of methoxy groups -OCH3 is 1. The standard InChI is InChI=1S/C14H18BrN3O/c1-10-6-12(18(2)17-10)9-16-8-11-4-5-13(19-3)7-14(11)15/h4-7,16H,8-9H2,1-3H3. The lowest BCUT2D eigenvalue weighted by atomic mass is 10.2. The van der Waals surface area contributed by atoms with Crippen LogP contribution in [0.5, 0.6) is 5.75 Å². The van der Waals surface area contributed by atoms with Crippen LogP contribution in [0.4, 0.5) is 0 Å². The third kappa shape index (κ3) is 3.58. The number of benzene rings is 1. The van der Waals surface area contributed by atoms with Gasteiger partial charge in [-0.25, -0.2) is 0 Å². The van der Waals surface area contributed by atoms with Gasteiger partial charge >= 0.3 is 0 Å². The first-order chi connectivity index (χ1) is 9.10. The van der Waals surface area contributed by atoms with Crippen LogP contribution in [-0.2, 0) is 20.1 Å². The van der Waals surface area contributed by atoms with Crippen molar-refractivity contribution < 1.29 is 4.74 Å². The molecule has 0 saturated carbocycles. The topological polar surface area (TPSA) is 39.1 Å². The number of ether oxygens (including phenoxy) is 1. The summed E-state index contributed by atoms with van der Waals surface area (Å²) >= 11 is 3.56. The summed E-state index contributed by atoms with van der Waals surface area (Å²) in [4.78, 5) is 0. The van der Waals surface area contributed by atoms with Crippen LogP contribution in [0.15, 0.2) is 28.7 Å².